The number of ether oxygens (including phenoxy) is 1. The molecule has 0 aliphatic heterocycles. The second kappa shape index (κ2) is 6.36. The van der Waals surface area contributed by atoms with Gasteiger partial charge in [-0.1, -0.05) is 0 Å². The van der Waals surface area contributed by atoms with Crippen molar-refractivity contribution in [1.29, 1.82) is 0 Å². The molecule has 1 aromatic heterocycles. The van der Waals surface area contributed by atoms with E-state index in [2.05, 4.69) is 5.10 Å². The van der Waals surface area contributed by atoms with Gasteiger partial charge >= 0.3 is 5.97 Å². The number of amides is 1. The lowest BCUT2D eigenvalue weighted by Crippen LogP contribution is -2.37. The van der Waals surface area contributed by atoms with Gasteiger partial charge in [0, 0.05) is 30.9 Å². The van der Waals surface area contributed by atoms with Crippen molar-refractivity contribution in [2.45, 2.75) is 25.8 Å². The number of aromatic nitrogens is 2. The Labute approximate surface area is 118 Å². The van der Waals surface area contributed by atoms with Crippen molar-refractivity contribution in [3.05, 3.63) is 24.0 Å². The van der Waals surface area contributed by atoms with Crippen LogP contribution in [0.3, 0.4) is 0 Å². The smallest absolute Gasteiger partial charge is 0.325 e. The van der Waals surface area contributed by atoms with Gasteiger partial charge in [-0.3, -0.25) is 14.3 Å². The summed E-state index contributed by atoms with van der Waals surface area (Å²) in [4.78, 5) is 25.2. The van der Waals surface area contributed by atoms with Gasteiger partial charge in [0.2, 0.25) is 5.91 Å². The number of nitrogens with zero attached hydrogens (tertiary/aromatic N) is 3. The van der Waals surface area contributed by atoms with E-state index in [1.807, 2.05) is 13.2 Å². The molecule has 6 heteroatoms. The minimum absolute atomic E-state index is 0.0225. The number of hydrogen-bond acceptors (Lipinski definition) is 4. The Morgan fingerprint density at radius 1 is 1.55 bits per heavy atom. The van der Waals surface area contributed by atoms with Crippen molar-refractivity contribution in [2.75, 3.05) is 13.2 Å². The summed E-state index contributed by atoms with van der Waals surface area (Å²) in [5.41, 5.74) is 0.854. The summed E-state index contributed by atoms with van der Waals surface area (Å²) >= 11 is 0. The van der Waals surface area contributed by atoms with E-state index in [1.54, 1.807) is 28.8 Å². The number of carbonyl (C=O) groups excluding carboxylic acids is 2. The monoisotopic (exact) mass is 277 g/mol. The lowest BCUT2D eigenvalue weighted by atomic mass is 10.3. The maximum Gasteiger partial charge on any atom is 0.325 e. The Kier molecular flexibility index (Phi) is 4.55. The summed E-state index contributed by atoms with van der Waals surface area (Å²) in [6, 6.07) is 0.172. The number of carbonyl (C=O) groups is 2. The van der Waals surface area contributed by atoms with Gasteiger partial charge in [0.1, 0.15) is 6.54 Å². The van der Waals surface area contributed by atoms with Crippen molar-refractivity contribution in [3.8, 4) is 0 Å². The van der Waals surface area contributed by atoms with Gasteiger partial charge in [-0.2, -0.15) is 5.10 Å². The van der Waals surface area contributed by atoms with E-state index in [4.69, 9.17) is 4.74 Å². The lowest BCUT2D eigenvalue weighted by Gasteiger charge is -2.19. The van der Waals surface area contributed by atoms with Crippen LogP contribution in [0, 0.1) is 0 Å². The van der Waals surface area contributed by atoms with E-state index in [1.165, 1.54) is 6.08 Å². The summed E-state index contributed by atoms with van der Waals surface area (Å²) in [5.74, 6) is -0.521. The van der Waals surface area contributed by atoms with Crippen molar-refractivity contribution in [1.82, 2.24) is 14.7 Å². The van der Waals surface area contributed by atoms with Gasteiger partial charge in [-0.15, -0.1) is 0 Å². The third-order valence-corrected chi connectivity index (χ3v) is 3.02. The SMILES string of the molecule is CCOC(=O)CN(C(=O)C=Cc1cnn(C)c1)C1CC1. The van der Waals surface area contributed by atoms with Crippen molar-refractivity contribution < 1.29 is 14.3 Å². The van der Waals surface area contributed by atoms with E-state index in [9.17, 15) is 9.59 Å². The predicted octanol–water partition coefficient (Wildman–Crippen LogP) is 0.987. The first-order valence-corrected chi connectivity index (χ1v) is 6.73. The molecular formula is C14H19N3O3. The van der Waals surface area contributed by atoms with Crippen LogP contribution in [0.25, 0.3) is 6.08 Å². The van der Waals surface area contributed by atoms with E-state index in [0.717, 1.165) is 18.4 Å². The van der Waals surface area contributed by atoms with Crippen LogP contribution in [0.2, 0.25) is 0 Å². The number of rotatable bonds is 6. The molecule has 1 saturated carbocycles. The molecule has 2 rings (SSSR count). The largest absolute Gasteiger partial charge is 0.465 e. The van der Waals surface area contributed by atoms with Crippen molar-refractivity contribution in [3.63, 3.8) is 0 Å². The summed E-state index contributed by atoms with van der Waals surface area (Å²) in [7, 11) is 1.82. The van der Waals surface area contributed by atoms with Crippen molar-refractivity contribution >= 4 is 18.0 Å². The maximum atomic E-state index is 12.1. The fourth-order valence-electron chi connectivity index (χ4n) is 1.91. The van der Waals surface area contributed by atoms with Gasteiger partial charge in [0.25, 0.3) is 0 Å². The molecule has 20 heavy (non-hydrogen) atoms. The van der Waals surface area contributed by atoms with Crippen LogP contribution in [0.15, 0.2) is 18.5 Å². The Morgan fingerprint density at radius 2 is 2.30 bits per heavy atom. The third kappa shape index (κ3) is 3.94. The summed E-state index contributed by atoms with van der Waals surface area (Å²) in [6.07, 6.45) is 8.58. The Hall–Kier alpha value is -2.11. The standard InChI is InChI=1S/C14H19N3O3/c1-3-20-14(19)10-17(12-5-6-12)13(18)7-4-11-8-15-16(2)9-11/h4,7-9,12H,3,5-6,10H2,1-2H3. The fourth-order valence-corrected chi connectivity index (χ4v) is 1.91. The highest BCUT2D eigenvalue weighted by Gasteiger charge is 2.33. The zero-order valence-corrected chi connectivity index (χ0v) is 11.8. The quantitative estimate of drug-likeness (QED) is 0.574. The molecule has 1 fully saturated rings. The highest BCUT2D eigenvalue weighted by atomic mass is 16.5. The molecule has 6 nitrogen and oxygen atoms in total. The Balaban J connectivity index is 1.96. The Morgan fingerprint density at radius 3 is 2.85 bits per heavy atom. The number of hydrogen-bond donors (Lipinski definition) is 0. The minimum Gasteiger partial charge on any atom is -0.465 e. The average molecular weight is 277 g/mol. The van der Waals surface area contributed by atoms with Crippen LogP contribution in [0.5, 0.6) is 0 Å². The van der Waals surface area contributed by atoms with Crippen LogP contribution in [0.4, 0.5) is 0 Å². The van der Waals surface area contributed by atoms with Gasteiger partial charge < -0.3 is 9.64 Å². The topological polar surface area (TPSA) is 64.4 Å². The fraction of sp³-hybridized carbons (Fsp3) is 0.500. The van der Waals surface area contributed by atoms with Crippen molar-refractivity contribution in [2.24, 2.45) is 7.05 Å². The molecule has 0 N–H and O–H groups in total. The van der Waals surface area contributed by atoms with E-state index in [-0.39, 0.29) is 24.5 Å². The highest BCUT2D eigenvalue weighted by molar-refractivity contribution is 5.94. The summed E-state index contributed by atoms with van der Waals surface area (Å²) in [6.45, 7) is 2.11. The molecule has 1 aliphatic carbocycles. The zero-order chi connectivity index (χ0) is 14.5. The molecule has 1 aromatic rings. The molecule has 1 heterocycles. The predicted molar refractivity (Wildman–Crippen MR) is 73.6 cm³/mol. The summed E-state index contributed by atoms with van der Waals surface area (Å²) in [5, 5.41) is 4.03. The molecule has 0 unspecified atom stereocenters. The molecule has 0 aromatic carbocycles. The maximum absolute atomic E-state index is 12.1. The molecule has 0 saturated heterocycles. The molecule has 0 bridgehead atoms. The van der Waals surface area contributed by atoms with E-state index >= 15 is 0 Å². The Bertz CT molecular complexity index is 517. The normalized spacial score (nSPS) is 14.5. The summed E-state index contributed by atoms with van der Waals surface area (Å²) < 4.78 is 6.56. The molecule has 0 spiro atoms. The van der Waals surface area contributed by atoms with E-state index in [0.29, 0.717) is 6.61 Å². The second-order valence-corrected chi connectivity index (χ2v) is 4.78. The van der Waals surface area contributed by atoms with Gasteiger partial charge in [-0.05, 0) is 25.8 Å². The number of esters is 1. The molecular weight excluding hydrogens is 258 g/mol. The first-order chi connectivity index (χ1) is 9.60. The number of aryl methyl sites for hydroxylation is 1. The van der Waals surface area contributed by atoms with Gasteiger partial charge in [-0.25, -0.2) is 0 Å². The zero-order valence-electron chi connectivity index (χ0n) is 11.8. The first kappa shape index (κ1) is 14.3. The van der Waals surface area contributed by atoms with Crippen LogP contribution >= 0.6 is 0 Å². The molecule has 0 radical (unpaired) electrons. The average Bonchev–Trinajstić information content (AvgIpc) is 3.16. The molecule has 108 valence electrons. The third-order valence-electron chi connectivity index (χ3n) is 3.02. The lowest BCUT2D eigenvalue weighted by molar-refractivity contribution is -0.148. The molecule has 1 aliphatic rings. The van der Waals surface area contributed by atoms with E-state index < -0.39 is 0 Å². The van der Waals surface area contributed by atoms with Crippen LogP contribution in [0.1, 0.15) is 25.3 Å². The molecule has 0 atom stereocenters. The molecule has 1 amide bonds. The van der Waals surface area contributed by atoms with Gasteiger partial charge in [0.05, 0.1) is 12.8 Å². The van der Waals surface area contributed by atoms with Gasteiger partial charge in [0.15, 0.2) is 0 Å². The first-order valence-electron chi connectivity index (χ1n) is 6.73. The van der Waals surface area contributed by atoms with Crippen LogP contribution in [-0.2, 0) is 21.4 Å². The second-order valence-electron chi connectivity index (χ2n) is 4.78. The minimum atomic E-state index is -0.359. The van der Waals surface area contributed by atoms with Crippen LogP contribution in [-0.4, -0.2) is 45.8 Å². The highest BCUT2D eigenvalue weighted by Crippen LogP contribution is 2.27. The van der Waals surface area contributed by atoms with Crippen LogP contribution < -0.4 is 0 Å².